The van der Waals surface area contributed by atoms with Gasteiger partial charge in [-0.3, -0.25) is 9.97 Å². The molecule has 4 heterocycles. The van der Waals surface area contributed by atoms with Crippen LogP contribution in [0.2, 0.25) is 0 Å². The molecule has 166 valence electrons. The summed E-state index contributed by atoms with van der Waals surface area (Å²) in [7, 11) is 0. The van der Waals surface area contributed by atoms with E-state index in [0.29, 0.717) is 5.11 Å². The number of benzene rings is 1. The van der Waals surface area contributed by atoms with Gasteiger partial charge in [-0.15, -0.1) is 0 Å². The van der Waals surface area contributed by atoms with Gasteiger partial charge in [0.25, 0.3) is 0 Å². The van der Waals surface area contributed by atoms with Gasteiger partial charge in [0.05, 0.1) is 17.8 Å². The normalized spacial score (nSPS) is 17.9. The van der Waals surface area contributed by atoms with Crippen LogP contribution < -0.4 is 10.2 Å². The van der Waals surface area contributed by atoms with E-state index in [9.17, 15) is 4.39 Å². The maximum atomic E-state index is 13.7. The summed E-state index contributed by atoms with van der Waals surface area (Å²) in [6, 6.07) is 18.4. The lowest BCUT2D eigenvalue weighted by Gasteiger charge is -2.28. The highest BCUT2D eigenvalue weighted by atomic mass is 32.1. The molecule has 0 bridgehead atoms. The lowest BCUT2D eigenvalue weighted by Crippen LogP contribution is -2.29. The molecule has 1 aromatic carbocycles. The van der Waals surface area contributed by atoms with Crippen molar-refractivity contribution in [2.24, 2.45) is 0 Å². The van der Waals surface area contributed by atoms with Crippen molar-refractivity contribution >= 4 is 23.0 Å². The number of hydrogen-bond donors (Lipinski definition) is 1. The highest BCUT2D eigenvalue weighted by Gasteiger charge is 2.42. The lowest BCUT2D eigenvalue weighted by molar-refractivity contribution is 0.563. The molecular weight excluding hydrogens is 433 g/mol. The van der Waals surface area contributed by atoms with Gasteiger partial charge in [0.1, 0.15) is 5.82 Å². The van der Waals surface area contributed by atoms with Gasteiger partial charge < -0.3 is 14.8 Å². The average Bonchev–Trinajstić information content (AvgIpc) is 3.32. The standard InChI is InChI=1S/C26H24FN5S/c1-17-15-22(18(2)31(17)16-19-10-13-28-14-11-19)25-24(23-5-3-4-12-29-23)30-26(33)32(25)21-8-6-20(27)7-9-21/h3-15,24-25H,16H2,1-2H3,(H,30,33)/t24-,25+/m1/s1. The van der Waals surface area contributed by atoms with Crippen LogP contribution in [0.3, 0.4) is 0 Å². The number of halogens is 1. The molecule has 4 aromatic rings. The van der Waals surface area contributed by atoms with E-state index in [0.717, 1.165) is 34.9 Å². The number of aromatic nitrogens is 3. The number of aryl methyl sites for hydroxylation is 1. The Labute approximate surface area is 197 Å². The lowest BCUT2D eigenvalue weighted by atomic mass is 9.96. The fourth-order valence-electron chi connectivity index (χ4n) is 4.59. The van der Waals surface area contributed by atoms with Crippen molar-refractivity contribution in [3.8, 4) is 0 Å². The Morgan fingerprint density at radius 1 is 1.00 bits per heavy atom. The molecule has 0 radical (unpaired) electrons. The number of nitrogens with zero attached hydrogens (tertiary/aromatic N) is 4. The molecule has 0 unspecified atom stereocenters. The summed E-state index contributed by atoms with van der Waals surface area (Å²) in [6.45, 7) is 5.02. The molecule has 1 saturated heterocycles. The molecule has 0 amide bonds. The van der Waals surface area contributed by atoms with Gasteiger partial charge in [0.15, 0.2) is 5.11 Å². The minimum Gasteiger partial charge on any atom is -0.351 e. The molecule has 0 aliphatic carbocycles. The topological polar surface area (TPSA) is 46.0 Å². The number of anilines is 1. The third kappa shape index (κ3) is 4.00. The van der Waals surface area contributed by atoms with Gasteiger partial charge in [0, 0.05) is 42.2 Å². The van der Waals surface area contributed by atoms with Crippen molar-refractivity contribution in [3.63, 3.8) is 0 Å². The van der Waals surface area contributed by atoms with Crippen LogP contribution in [0.5, 0.6) is 0 Å². The van der Waals surface area contributed by atoms with E-state index >= 15 is 0 Å². The summed E-state index contributed by atoms with van der Waals surface area (Å²) in [5.41, 5.74) is 6.43. The van der Waals surface area contributed by atoms with E-state index in [1.165, 1.54) is 17.7 Å². The summed E-state index contributed by atoms with van der Waals surface area (Å²) in [4.78, 5) is 10.8. The molecule has 0 saturated carbocycles. The third-order valence-electron chi connectivity index (χ3n) is 6.22. The van der Waals surface area contributed by atoms with Crippen molar-refractivity contribution in [1.82, 2.24) is 19.9 Å². The monoisotopic (exact) mass is 457 g/mol. The third-order valence-corrected chi connectivity index (χ3v) is 6.54. The van der Waals surface area contributed by atoms with Crippen molar-refractivity contribution < 1.29 is 4.39 Å². The van der Waals surface area contributed by atoms with Gasteiger partial charge >= 0.3 is 0 Å². The van der Waals surface area contributed by atoms with Crippen LogP contribution in [0.15, 0.2) is 79.3 Å². The molecule has 1 fully saturated rings. The Hall–Kier alpha value is -3.58. The van der Waals surface area contributed by atoms with Crippen LogP contribution in [0, 0.1) is 19.7 Å². The summed E-state index contributed by atoms with van der Waals surface area (Å²) in [6.07, 6.45) is 5.43. The smallest absolute Gasteiger partial charge is 0.174 e. The number of thiocarbonyl (C=S) groups is 1. The van der Waals surface area contributed by atoms with Crippen molar-refractivity contribution in [2.75, 3.05) is 4.90 Å². The molecule has 1 N–H and O–H groups in total. The van der Waals surface area contributed by atoms with E-state index in [-0.39, 0.29) is 17.9 Å². The highest BCUT2D eigenvalue weighted by molar-refractivity contribution is 7.80. The molecule has 1 aliphatic rings. The Morgan fingerprint density at radius 2 is 1.76 bits per heavy atom. The van der Waals surface area contributed by atoms with Crippen LogP contribution >= 0.6 is 12.2 Å². The first-order valence-electron chi connectivity index (χ1n) is 10.8. The quantitative estimate of drug-likeness (QED) is 0.414. The molecule has 33 heavy (non-hydrogen) atoms. The first-order valence-corrected chi connectivity index (χ1v) is 11.3. The zero-order chi connectivity index (χ0) is 22.9. The Morgan fingerprint density at radius 3 is 2.45 bits per heavy atom. The molecule has 3 aromatic heterocycles. The van der Waals surface area contributed by atoms with E-state index < -0.39 is 0 Å². The van der Waals surface area contributed by atoms with Crippen LogP contribution in [0.1, 0.15) is 40.3 Å². The number of rotatable bonds is 5. The van der Waals surface area contributed by atoms with Gasteiger partial charge in [0.2, 0.25) is 0 Å². The van der Waals surface area contributed by atoms with Crippen LogP contribution in [-0.2, 0) is 6.54 Å². The van der Waals surface area contributed by atoms with E-state index in [2.05, 4.69) is 44.7 Å². The second kappa shape index (κ2) is 8.75. The molecular formula is C26H24FN5S. The number of pyridine rings is 2. The Kier molecular flexibility index (Phi) is 5.64. The Balaban J connectivity index is 1.62. The number of nitrogens with one attached hydrogen (secondary N) is 1. The molecule has 2 atom stereocenters. The highest BCUT2D eigenvalue weighted by Crippen LogP contribution is 2.43. The maximum Gasteiger partial charge on any atom is 0.174 e. The molecule has 1 aliphatic heterocycles. The largest absolute Gasteiger partial charge is 0.351 e. The zero-order valence-corrected chi connectivity index (χ0v) is 19.3. The molecule has 7 heteroatoms. The van der Waals surface area contributed by atoms with E-state index in [1.54, 1.807) is 18.3 Å². The van der Waals surface area contributed by atoms with Crippen LogP contribution in [0.25, 0.3) is 0 Å². The summed E-state index contributed by atoms with van der Waals surface area (Å²) in [5.74, 6) is -0.273. The zero-order valence-electron chi connectivity index (χ0n) is 18.4. The number of hydrogen-bond acceptors (Lipinski definition) is 3. The SMILES string of the molecule is Cc1cc([C@H]2[C@@H](c3ccccn3)NC(=S)N2c2ccc(F)cc2)c(C)n1Cc1ccncc1. The first-order chi connectivity index (χ1) is 16.0. The minimum absolute atomic E-state index is 0.129. The molecule has 0 spiro atoms. The van der Waals surface area contributed by atoms with Gasteiger partial charge in [-0.2, -0.15) is 0 Å². The molecule has 5 rings (SSSR count). The second-order valence-corrected chi connectivity index (χ2v) is 8.63. The van der Waals surface area contributed by atoms with Crippen molar-refractivity contribution in [3.05, 3.63) is 113 Å². The molecule has 5 nitrogen and oxygen atoms in total. The Bertz CT molecular complexity index is 1270. The average molecular weight is 458 g/mol. The predicted molar refractivity (Wildman–Crippen MR) is 132 cm³/mol. The summed E-state index contributed by atoms with van der Waals surface area (Å²) >= 11 is 5.78. The fourth-order valence-corrected chi connectivity index (χ4v) is 4.94. The maximum absolute atomic E-state index is 13.7. The predicted octanol–water partition coefficient (Wildman–Crippen LogP) is 5.26. The summed E-state index contributed by atoms with van der Waals surface area (Å²) < 4.78 is 16.0. The van der Waals surface area contributed by atoms with Crippen molar-refractivity contribution in [2.45, 2.75) is 32.5 Å². The van der Waals surface area contributed by atoms with E-state index in [4.69, 9.17) is 12.2 Å². The van der Waals surface area contributed by atoms with E-state index in [1.807, 2.05) is 42.7 Å². The van der Waals surface area contributed by atoms with Crippen LogP contribution in [-0.4, -0.2) is 19.6 Å². The second-order valence-electron chi connectivity index (χ2n) is 8.24. The van der Waals surface area contributed by atoms with Crippen LogP contribution in [0.4, 0.5) is 10.1 Å². The van der Waals surface area contributed by atoms with Gasteiger partial charge in [-0.05, 0) is 91.8 Å². The minimum atomic E-state index is -0.273. The van der Waals surface area contributed by atoms with Crippen molar-refractivity contribution in [1.29, 1.82) is 0 Å². The van der Waals surface area contributed by atoms with Gasteiger partial charge in [-0.25, -0.2) is 4.39 Å². The summed E-state index contributed by atoms with van der Waals surface area (Å²) in [5, 5.41) is 4.07. The fraction of sp³-hybridized carbons (Fsp3) is 0.192. The first kappa shape index (κ1) is 21.3. The van der Waals surface area contributed by atoms with Gasteiger partial charge in [-0.1, -0.05) is 6.07 Å².